The van der Waals surface area contributed by atoms with Gasteiger partial charge in [-0.3, -0.25) is 4.79 Å². The van der Waals surface area contributed by atoms with Gasteiger partial charge in [0, 0.05) is 23.5 Å². The number of aliphatic carboxylic acids is 1. The molecule has 1 unspecified atom stereocenters. The lowest BCUT2D eigenvalue weighted by Gasteiger charge is -2.38. The van der Waals surface area contributed by atoms with Crippen molar-refractivity contribution in [3.05, 3.63) is 28.7 Å². The minimum absolute atomic E-state index is 0.256. The maximum Gasteiger partial charge on any atom is 0.303 e. The lowest BCUT2D eigenvalue weighted by molar-refractivity contribution is -0.137. The summed E-state index contributed by atoms with van der Waals surface area (Å²) in [6.45, 7) is 1.02. The average Bonchev–Trinajstić information content (AvgIpc) is 2.37. The van der Waals surface area contributed by atoms with Gasteiger partial charge in [-0.2, -0.15) is 0 Å². The van der Waals surface area contributed by atoms with Gasteiger partial charge in [-0.25, -0.2) is 0 Å². The van der Waals surface area contributed by atoms with E-state index in [4.69, 9.17) is 5.11 Å². The first-order valence-electron chi connectivity index (χ1n) is 6.41. The Morgan fingerprint density at radius 1 is 1.39 bits per heavy atom. The Hall–Kier alpha value is -1.03. The molecule has 4 heteroatoms. The Balaban J connectivity index is 2.12. The van der Waals surface area contributed by atoms with Crippen molar-refractivity contribution < 1.29 is 9.90 Å². The fourth-order valence-corrected chi connectivity index (χ4v) is 3.11. The number of piperidine rings is 1. The zero-order chi connectivity index (χ0) is 13.0. The van der Waals surface area contributed by atoms with Crippen LogP contribution in [0.4, 0.5) is 5.69 Å². The number of carboxylic acids is 1. The maximum absolute atomic E-state index is 10.7. The molecular weight excluding hydrogens is 294 g/mol. The molecule has 2 rings (SSSR count). The third-order valence-corrected chi connectivity index (χ3v) is 4.15. The molecule has 3 nitrogen and oxygen atoms in total. The summed E-state index contributed by atoms with van der Waals surface area (Å²) in [5.74, 6) is -0.701. The number of nitrogens with zero attached hydrogens (tertiary/aromatic N) is 1. The lowest BCUT2D eigenvalue weighted by atomic mass is 9.97. The zero-order valence-corrected chi connectivity index (χ0v) is 11.9. The predicted octanol–water partition coefficient (Wildman–Crippen LogP) is 3.67. The molecule has 0 bridgehead atoms. The highest BCUT2D eigenvalue weighted by Crippen LogP contribution is 2.32. The topological polar surface area (TPSA) is 40.5 Å². The second-order valence-corrected chi connectivity index (χ2v) is 5.58. The number of anilines is 1. The van der Waals surface area contributed by atoms with Crippen LogP contribution >= 0.6 is 15.9 Å². The van der Waals surface area contributed by atoms with Crippen LogP contribution in [-0.4, -0.2) is 23.7 Å². The molecule has 1 atom stereocenters. The highest BCUT2D eigenvalue weighted by molar-refractivity contribution is 9.10. The first-order valence-corrected chi connectivity index (χ1v) is 7.21. The summed E-state index contributed by atoms with van der Waals surface area (Å²) in [5.41, 5.74) is 1.19. The maximum atomic E-state index is 10.7. The van der Waals surface area contributed by atoms with Gasteiger partial charge in [0.1, 0.15) is 0 Å². The number of carboxylic acid groups (broad SMARTS) is 1. The quantitative estimate of drug-likeness (QED) is 0.922. The van der Waals surface area contributed by atoms with Crippen LogP contribution < -0.4 is 4.90 Å². The van der Waals surface area contributed by atoms with Gasteiger partial charge < -0.3 is 10.0 Å². The van der Waals surface area contributed by atoms with Gasteiger partial charge in [-0.05, 0) is 53.7 Å². The Labute approximate surface area is 116 Å². The Kier molecular flexibility index (Phi) is 4.64. The van der Waals surface area contributed by atoms with E-state index in [-0.39, 0.29) is 6.42 Å². The summed E-state index contributed by atoms with van der Waals surface area (Å²) in [6, 6.07) is 8.53. The van der Waals surface area contributed by atoms with Crippen LogP contribution in [0.3, 0.4) is 0 Å². The predicted molar refractivity (Wildman–Crippen MR) is 76.0 cm³/mol. The molecule has 1 aromatic rings. The van der Waals surface area contributed by atoms with Gasteiger partial charge >= 0.3 is 5.97 Å². The van der Waals surface area contributed by atoms with Crippen molar-refractivity contribution in [3.8, 4) is 0 Å². The second kappa shape index (κ2) is 6.23. The van der Waals surface area contributed by atoms with Gasteiger partial charge in [0.05, 0.1) is 5.69 Å². The van der Waals surface area contributed by atoms with Crippen molar-refractivity contribution >= 4 is 27.6 Å². The van der Waals surface area contributed by atoms with Crippen LogP contribution in [0.5, 0.6) is 0 Å². The van der Waals surface area contributed by atoms with Gasteiger partial charge in [0.15, 0.2) is 0 Å². The smallest absolute Gasteiger partial charge is 0.303 e. The van der Waals surface area contributed by atoms with Crippen molar-refractivity contribution in [1.82, 2.24) is 0 Å². The molecule has 1 aliphatic rings. The Morgan fingerprint density at radius 3 is 2.89 bits per heavy atom. The Bertz CT molecular complexity index is 422. The number of rotatable bonds is 4. The molecule has 1 N–H and O–H groups in total. The van der Waals surface area contributed by atoms with Crippen molar-refractivity contribution in [2.45, 2.75) is 38.1 Å². The summed E-state index contributed by atoms with van der Waals surface area (Å²) >= 11 is 3.58. The highest BCUT2D eigenvalue weighted by atomic mass is 79.9. The van der Waals surface area contributed by atoms with Crippen LogP contribution in [0, 0.1) is 0 Å². The molecule has 0 spiro atoms. The molecule has 1 aliphatic heterocycles. The van der Waals surface area contributed by atoms with Gasteiger partial charge in [0.2, 0.25) is 0 Å². The molecule has 0 saturated carbocycles. The summed E-state index contributed by atoms with van der Waals surface area (Å²) in [7, 11) is 0. The van der Waals surface area contributed by atoms with Crippen LogP contribution in [0.2, 0.25) is 0 Å². The van der Waals surface area contributed by atoms with Crippen LogP contribution in [0.15, 0.2) is 28.7 Å². The highest BCUT2D eigenvalue weighted by Gasteiger charge is 2.24. The third kappa shape index (κ3) is 3.25. The second-order valence-electron chi connectivity index (χ2n) is 4.73. The summed E-state index contributed by atoms with van der Waals surface area (Å²) in [6.07, 6.45) is 4.47. The molecule has 0 aromatic heterocycles. The molecule has 98 valence electrons. The number of benzene rings is 1. The van der Waals surface area contributed by atoms with Crippen LogP contribution in [0.25, 0.3) is 0 Å². The number of para-hydroxylation sites is 1. The minimum atomic E-state index is -0.701. The molecule has 0 aliphatic carbocycles. The van der Waals surface area contributed by atoms with Gasteiger partial charge in [-0.1, -0.05) is 12.1 Å². The SMILES string of the molecule is O=C(O)CCC1CCCCN1c1ccccc1Br. The monoisotopic (exact) mass is 311 g/mol. The molecular formula is C14H18BrNO2. The first kappa shape index (κ1) is 13.4. The Morgan fingerprint density at radius 2 is 2.17 bits per heavy atom. The third-order valence-electron chi connectivity index (χ3n) is 3.48. The number of hydrogen-bond donors (Lipinski definition) is 1. The van der Waals surface area contributed by atoms with Crippen molar-refractivity contribution in [2.24, 2.45) is 0 Å². The summed E-state index contributed by atoms with van der Waals surface area (Å²) in [4.78, 5) is 13.1. The molecule has 1 saturated heterocycles. The van der Waals surface area contributed by atoms with E-state index < -0.39 is 5.97 Å². The first-order chi connectivity index (χ1) is 8.68. The van der Waals surface area contributed by atoms with Crippen molar-refractivity contribution in [3.63, 3.8) is 0 Å². The van der Waals surface area contributed by atoms with E-state index in [0.29, 0.717) is 6.04 Å². The van der Waals surface area contributed by atoms with Crippen molar-refractivity contribution in [1.29, 1.82) is 0 Å². The summed E-state index contributed by atoms with van der Waals surface area (Å²) < 4.78 is 1.09. The van der Waals surface area contributed by atoms with Crippen LogP contribution in [0.1, 0.15) is 32.1 Å². The standard InChI is InChI=1S/C14H18BrNO2/c15-12-6-1-2-7-13(12)16-10-4-3-5-11(16)8-9-14(17)18/h1-2,6-7,11H,3-5,8-10H2,(H,17,18). The fraction of sp³-hybridized carbons (Fsp3) is 0.500. The fourth-order valence-electron chi connectivity index (χ4n) is 2.59. The van der Waals surface area contributed by atoms with Crippen LogP contribution in [-0.2, 0) is 4.79 Å². The number of carbonyl (C=O) groups is 1. The number of hydrogen-bond acceptors (Lipinski definition) is 2. The molecule has 0 radical (unpaired) electrons. The van der Waals surface area contributed by atoms with E-state index in [1.54, 1.807) is 0 Å². The zero-order valence-electron chi connectivity index (χ0n) is 10.3. The lowest BCUT2D eigenvalue weighted by Crippen LogP contribution is -2.40. The molecule has 0 amide bonds. The van der Waals surface area contributed by atoms with Crippen molar-refractivity contribution in [2.75, 3.05) is 11.4 Å². The molecule has 1 heterocycles. The van der Waals surface area contributed by atoms with E-state index >= 15 is 0 Å². The molecule has 1 aromatic carbocycles. The largest absolute Gasteiger partial charge is 0.481 e. The van der Waals surface area contributed by atoms with E-state index in [1.165, 1.54) is 18.5 Å². The van der Waals surface area contributed by atoms with E-state index in [9.17, 15) is 4.79 Å². The van der Waals surface area contributed by atoms with Gasteiger partial charge in [0.25, 0.3) is 0 Å². The summed E-state index contributed by atoms with van der Waals surface area (Å²) in [5, 5.41) is 8.83. The number of halogens is 1. The van der Waals surface area contributed by atoms with E-state index in [2.05, 4.69) is 26.9 Å². The van der Waals surface area contributed by atoms with Gasteiger partial charge in [-0.15, -0.1) is 0 Å². The molecule has 1 fully saturated rings. The average molecular weight is 312 g/mol. The normalized spacial score (nSPS) is 19.8. The minimum Gasteiger partial charge on any atom is -0.481 e. The van der Waals surface area contributed by atoms with E-state index in [1.807, 2.05) is 18.2 Å². The van der Waals surface area contributed by atoms with E-state index in [0.717, 1.165) is 23.9 Å². The molecule has 18 heavy (non-hydrogen) atoms.